The number of aryl methyl sites for hydroxylation is 2. The monoisotopic (exact) mass is 313 g/mol. The molecule has 1 N–H and O–H groups in total. The number of carbonyl (C=O) groups is 1. The number of amides is 1. The number of carbonyl (C=O) groups excluding carboxylic acids is 1. The maximum Gasteiger partial charge on any atom is 0.253 e. The summed E-state index contributed by atoms with van der Waals surface area (Å²) in [6, 6.07) is 5.69. The van der Waals surface area contributed by atoms with Gasteiger partial charge in [0.15, 0.2) is 5.82 Å². The van der Waals surface area contributed by atoms with E-state index in [1.54, 1.807) is 28.3 Å². The highest BCUT2D eigenvalue weighted by Gasteiger charge is 2.12. The summed E-state index contributed by atoms with van der Waals surface area (Å²) in [5, 5.41) is 14.6. The summed E-state index contributed by atoms with van der Waals surface area (Å²) < 4.78 is 1.77. The first kappa shape index (κ1) is 14.4. The second-order valence-corrected chi connectivity index (χ2v) is 5.66. The summed E-state index contributed by atoms with van der Waals surface area (Å²) in [5.74, 6) is 0.540. The SMILES string of the molecule is Cc1nc(-c2ccsc2)ccc1C(=O)NCc1nncn1C. The van der Waals surface area contributed by atoms with Gasteiger partial charge in [0.25, 0.3) is 5.91 Å². The Balaban J connectivity index is 1.74. The van der Waals surface area contributed by atoms with Crippen molar-refractivity contribution in [3.8, 4) is 11.3 Å². The van der Waals surface area contributed by atoms with E-state index in [1.807, 2.05) is 36.9 Å². The lowest BCUT2D eigenvalue weighted by atomic mass is 10.1. The van der Waals surface area contributed by atoms with Crippen molar-refractivity contribution >= 4 is 17.2 Å². The predicted octanol–water partition coefficient (Wildman–Crippen LogP) is 2.18. The van der Waals surface area contributed by atoms with Gasteiger partial charge in [-0.15, -0.1) is 10.2 Å². The fourth-order valence-corrected chi connectivity index (χ4v) is 2.74. The van der Waals surface area contributed by atoms with Crippen LogP contribution in [0.5, 0.6) is 0 Å². The Labute approximate surface area is 131 Å². The Kier molecular flexibility index (Phi) is 3.97. The van der Waals surface area contributed by atoms with E-state index in [9.17, 15) is 4.79 Å². The van der Waals surface area contributed by atoms with Gasteiger partial charge in [0.2, 0.25) is 0 Å². The molecule has 0 bridgehead atoms. The highest BCUT2D eigenvalue weighted by Crippen LogP contribution is 2.21. The van der Waals surface area contributed by atoms with Gasteiger partial charge in [-0.05, 0) is 30.5 Å². The van der Waals surface area contributed by atoms with Crippen LogP contribution in [-0.4, -0.2) is 25.7 Å². The van der Waals surface area contributed by atoms with Gasteiger partial charge in [-0.2, -0.15) is 11.3 Å². The molecule has 0 fully saturated rings. The first-order chi connectivity index (χ1) is 10.6. The molecule has 1 amide bonds. The van der Waals surface area contributed by atoms with Gasteiger partial charge in [-0.3, -0.25) is 9.78 Å². The number of aromatic nitrogens is 4. The van der Waals surface area contributed by atoms with E-state index in [2.05, 4.69) is 20.5 Å². The molecular formula is C15H15N5OS. The second-order valence-electron chi connectivity index (χ2n) is 4.88. The number of nitrogens with zero attached hydrogens (tertiary/aromatic N) is 4. The Hall–Kier alpha value is -2.54. The number of hydrogen-bond acceptors (Lipinski definition) is 5. The van der Waals surface area contributed by atoms with Gasteiger partial charge in [-0.25, -0.2) is 0 Å². The molecule has 0 aliphatic carbocycles. The van der Waals surface area contributed by atoms with Crippen molar-refractivity contribution in [1.82, 2.24) is 25.1 Å². The first-order valence-electron chi connectivity index (χ1n) is 6.76. The predicted molar refractivity (Wildman–Crippen MR) is 84.5 cm³/mol. The Bertz CT molecular complexity index is 794. The maximum atomic E-state index is 12.3. The Morgan fingerprint density at radius 3 is 2.86 bits per heavy atom. The van der Waals surface area contributed by atoms with E-state index in [1.165, 1.54) is 0 Å². The number of hydrogen-bond donors (Lipinski definition) is 1. The van der Waals surface area contributed by atoms with Crippen LogP contribution >= 0.6 is 11.3 Å². The molecule has 0 saturated carbocycles. The highest BCUT2D eigenvalue weighted by molar-refractivity contribution is 7.08. The van der Waals surface area contributed by atoms with Crippen molar-refractivity contribution in [2.45, 2.75) is 13.5 Å². The average Bonchev–Trinajstić information content (AvgIpc) is 3.16. The third-order valence-electron chi connectivity index (χ3n) is 3.36. The number of thiophene rings is 1. The van der Waals surface area contributed by atoms with Crippen LogP contribution in [0.4, 0.5) is 0 Å². The normalized spacial score (nSPS) is 10.6. The van der Waals surface area contributed by atoms with Crippen molar-refractivity contribution < 1.29 is 4.79 Å². The van der Waals surface area contributed by atoms with Gasteiger partial charge in [-0.1, -0.05) is 0 Å². The lowest BCUT2D eigenvalue weighted by Gasteiger charge is -2.08. The van der Waals surface area contributed by atoms with Crippen LogP contribution in [0.1, 0.15) is 21.9 Å². The Morgan fingerprint density at radius 2 is 2.23 bits per heavy atom. The number of rotatable bonds is 4. The zero-order valence-corrected chi connectivity index (χ0v) is 13.1. The van der Waals surface area contributed by atoms with Crippen molar-refractivity contribution in [3.63, 3.8) is 0 Å². The van der Waals surface area contributed by atoms with Gasteiger partial charge in [0.1, 0.15) is 6.33 Å². The van der Waals surface area contributed by atoms with Crippen molar-refractivity contribution in [2.24, 2.45) is 7.05 Å². The third kappa shape index (κ3) is 2.89. The van der Waals surface area contributed by atoms with Crippen molar-refractivity contribution in [1.29, 1.82) is 0 Å². The molecule has 0 aliphatic rings. The zero-order chi connectivity index (χ0) is 15.5. The summed E-state index contributed by atoms with van der Waals surface area (Å²) in [4.78, 5) is 16.8. The first-order valence-corrected chi connectivity index (χ1v) is 7.70. The van der Waals surface area contributed by atoms with Crippen LogP contribution in [0.2, 0.25) is 0 Å². The van der Waals surface area contributed by atoms with Crippen molar-refractivity contribution in [3.05, 3.63) is 52.4 Å². The van der Waals surface area contributed by atoms with E-state index in [0.29, 0.717) is 23.6 Å². The molecule has 0 aliphatic heterocycles. The van der Waals surface area contributed by atoms with Crippen molar-refractivity contribution in [2.75, 3.05) is 0 Å². The zero-order valence-electron chi connectivity index (χ0n) is 12.3. The van der Waals surface area contributed by atoms with E-state index in [4.69, 9.17) is 0 Å². The number of nitrogens with one attached hydrogen (secondary N) is 1. The van der Waals surface area contributed by atoms with Gasteiger partial charge >= 0.3 is 0 Å². The molecule has 0 aromatic carbocycles. The lowest BCUT2D eigenvalue weighted by Crippen LogP contribution is -2.25. The molecule has 3 aromatic rings. The summed E-state index contributed by atoms with van der Waals surface area (Å²) in [7, 11) is 1.84. The molecule has 6 nitrogen and oxygen atoms in total. The summed E-state index contributed by atoms with van der Waals surface area (Å²) >= 11 is 1.62. The van der Waals surface area contributed by atoms with Crippen LogP contribution < -0.4 is 5.32 Å². The minimum absolute atomic E-state index is 0.162. The topological polar surface area (TPSA) is 72.7 Å². The largest absolute Gasteiger partial charge is 0.345 e. The molecule has 0 atom stereocenters. The second kappa shape index (κ2) is 6.07. The molecule has 0 radical (unpaired) electrons. The molecule has 7 heteroatoms. The molecule has 0 saturated heterocycles. The van der Waals surface area contributed by atoms with Crippen LogP contribution in [0.3, 0.4) is 0 Å². The minimum atomic E-state index is -0.162. The lowest BCUT2D eigenvalue weighted by molar-refractivity contribution is 0.0948. The van der Waals surface area contributed by atoms with E-state index < -0.39 is 0 Å². The quantitative estimate of drug-likeness (QED) is 0.801. The molecule has 112 valence electrons. The van der Waals surface area contributed by atoms with E-state index in [0.717, 1.165) is 11.3 Å². The summed E-state index contributed by atoms with van der Waals surface area (Å²) in [6.07, 6.45) is 1.60. The van der Waals surface area contributed by atoms with Gasteiger partial charge < -0.3 is 9.88 Å². The van der Waals surface area contributed by atoms with Crippen LogP contribution in [0.15, 0.2) is 35.3 Å². The van der Waals surface area contributed by atoms with Gasteiger partial charge in [0.05, 0.1) is 23.5 Å². The fourth-order valence-electron chi connectivity index (χ4n) is 2.09. The average molecular weight is 313 g/mol. The van der Waals surface area contributed by atoms with Gasteiger partial charge in [0, 0.05) is 18.0 Å². The molecule has 3 rings (SSSR count). The number of pyridine rings is 1. The van der Waals surface area contributed by atoms with E-state index in [-0.39, 0.29) is 5.91 Å². The summed E-state index contributed by atoms with van der Waals surface area (Å²) in [5.41, 5.74) is 3.23. The molecule has 22 heavy (non-hydrogen) atoms. The molecule has 3 heterocycles. The van der Waals surface area contributed by atoms with Crippen LogP contribution in [0, 0.1) is 6.92 Å². The standard InChI is InChI=1S/C15H15N5OS/c1-10-12(3-4-13(18-10)11-5-6-22-8-11)15(21)16-7-14-19-17-9-20(14)2/h3-6,8-9H,7H2,1-2H3,(H,16,21). The molecule has 0 spiro atoms. The molecule has 0 unspecified atom stereocenters. The summed E-state index contributed by atoms with van der Waals surface area (Å²) in [6.45, 7) is 2.17. The van der Waals surface area contributed by atoms with Crippen LogP contribution in [0.25, 0.3) is 11.3 Å². The fraction of sp³-hybridized carbons (Fsp3) is 0.200. The van der Waals surface area contributed by atoms with Crippen LogP contribution in [-0.2, 0) is 13.6 Å². The highest BCUT2D eigenvalue weighted by atomic mass is 32.1. The Morgan fingerprint density at radius 1 is 1.36 bits per heavy atom. The third-order valence-corrected chi connectivity index (χ3v) is 4.04. The minimum Gasteiger partial charge on any atom is -0.345 e. The smallest absolute Gasteiger partial charge is 0.253 e. The molecule has 3 aromatic heterocycles. The maximum absolute atomic E-state index is 12.3. The molecular weight excluding hydrogens is 298 g/mol. The van der Waals surface area contributed by atoms with E-state index >= 15 is 0 Å².